The quantitative estimate of drug-likeness (QED) is 0.728. The SMILES string of the molecule is C=CCNS(=O)(=O)c1cc(C(=O)N2CCN(CC(C)C)CC2)ccc1F. The van der Waals surface area contributed by atoms with Crippen LogP contribution in [0.15, 0.2) is 35.7 Å². The molecule has 1 aliphatic rings. The summed E-state index contributed by atoms with van der Waals surface area (Å²) in [5.74, 6) is -0.612. The lowest BCUT2D eigenvalue weighted by atomic mass is 10.1. The third-order valence-electron chi connectivity index (χ3n) is 4.17. The van der Waals surface area contributed by atoms with Gasteiger partial charge in [0.15, 0.2) is 0 Å². The van der Waals surface area contributed by atoms with Crippen molar-refractivity contribution in [1.29, 1.82) is 0 Å². The van der Waals surface area contributed by atoms with E-state index < -0.39 is 20.7 Å². The lowest BCUT2D eigenvalue weighted by molar-refractivity contribution is 0.0623. The Labute approximate surface area is 154 Å². The molecule has 1 N–H and O–H groups in total. The molecule has 0 radical (unpaired) electrons. The van der Waals surface area contributed by atoms with Crippen LogP contribution in [0, 0.1) is 11.7 Å². The molecule has 144 valence electrons. The summed E-state index contributed by atoms with van der Waals surface area (Å²) in [6, 6.07) is 3.44. The second-order valence-corrected chi connectivity index (χ2v) is 8.51. The average molecular weight is 383 g/mol. The summed E-state index contributed by atoms with van der Waals surface area (Å²) in [6.07, 6.45) is 1.36. The van der Waals surface area contributed by atoms with Crippen LogP contribution >= 0.6 is 0 Å². The molecule has 1 fully saturated rings. The molecule has 0 aliphatic carbocycles. The number of nitrogens with one attached hydrogen (secondary N) is 1. The highest BCUT2D eigenvalue weighted by Gasteiger charge is 2.25. The molecule has 2 rings (SSSR count). The number of hydrogen-bond acceptors (Lipinski definition) is 4. The molecule has 1 aromatic rings. The van der Waals surface area contributed by atoms with Crippen LogP contribution < -0.4 is 4.72 Å². The van der Waals surface area contributed by atoms with Crippen molar-refractivity contribution in [2.45, 2.75) is 18.7 Å². The van der Waals surface area contributed by atoms with Gasteiger partial charge in [-0.1, -0.05) is 19.9 Å². The fourth-order valence-electron chi connectivity index (χ4n) is 2.92. The van der Waals surface area contributed by atoms with E-state index >= 15 is 0 Å². The predicted octanol–water partition coefficient (Wildman–Crippen LogP) is 1.70. The van der Waals surface area contributed by atoms with Crippen LogP contribution in [0.2, 0.25) is 0 Å². The van der Waals surface area contributed by atoms with Gasteiger partial charge in [0, 0.05) is 44.8 Å². The van der Waals surface area contributed by atoms with E-state index in [1.165, 1.54) is 12.1 Å². The maximum atomic E-state index is 14.0. The molecule has 0 spiro atoms. The second kappa shape index (κ2) is 8.75. The van der Waals surface area contributed by atoms with Crippen molar-refractivity contribution in [3.8, 4) is 0 Å². The molecule has 26 heavy (non-hydrogen) atoms. The van der Waals surface area contributed by atoms with E-state index in [0.717, 1.165) is 31.8 Å². The lowest BCUT2D eigenvalue weighted by Gasteiger charge is -2.35. The molecule has 0 aromatic heterocycles. The van der Waals surface area contributed by atoms with Crippen molar-refractivity contribution < 1.29 is 17.6 Å². The Morgan fingerprint density at radius 1 is 1.31 bits per heavy atom. The number of carbonyl (C=O) groups excluding carboxylic acids is 1. The number of rotatable bonds is 7. The number of nitrogens with zero attached hydrogens (tertiary/aromatic N) is 2. The smallest absolute Gasteiger partial charge is 0.253 e. The summed E-state index contributed by atoms with van der Waals surface area (Å²) in [5.41, 5.74) is 0.169. The van der Waals surface area contributed by atoms with Crippen LogP contribution in [0.25, 0.3) is 0 Å². The second-order valence-electron chi connectivity index (χ2n) is 6.77. The summed E-state index contributed by atoms with van der Waals surface area (Å²) in [7, 11) is -4.04. The van der Waals surface area contributed by atoms with Crippen LogP contribution in [0.3, 0.4) is 0 Å². The van der Waals surface area contributed by atoms with Gasteiger partial charge in [0.25, 0.3) is 5.91 Å². The topological polar surface area (TPSA) is 69.7 Å². The standard InChI is InChI=1S/C18H26FN3O3S/c1-4-7-20-26(24,25)17-12-15(5-6-16(17)19)18(23)22-10-8-21(9-11-22)13-14(2)3/h4-6,12,14,20H,1,7-11,13H2,2-3H3. The maximum absolute atomic E-state index is 14.0. The number of hydrogen-bond donors (Lipinski definition) is 1. The van der Waals surface area contributed by atoms with Crippen LogP contribution in [-0.4, -0.2) is 63.4 Å². The van der Waals surface area contributed by atoms with Crippen LogP contribution in [0.5, 0.6) is 0 Å². The number of piperazine rings is 1. The summed E-state index contributed by atoms with van der Waals surface area (Å²) < 4.78 is 40.6. The van der Waals surface area contributed by atoms with Crippen molar-refractivity contribution in [3.63, 3.8) is 0 Å². The highest BCUT2D eigenvalue weighted by atomic mass is 32.2. The minimum absolute atomic E-state index is 0.0161. The monoisotopic (exact) mass is 383 g/mol. The number of sulfonamides is 1. The molecule has 1 amide bonds. The van der Waals surface area contributed by atoms with Crippen molar-refractivity contribution in [1.82, 2.24) is 14.5 Å². The largest absolute Gasteiger partial charge is 0.336 e. The summed E-state index contributed by atoms with van der Waals surface area (Å²) in [6.45, 7) is 11.4. The van der Waals surface area contributed by atoms with Gasteiger partial charge in [-0.2, -0.15) is 0 Å². The summed E-state index contributed by atoms with van der Waals surface area (Å²) >= 11 is 0. The Hall–Kier alpha value is -1.77. The number of halogens is 1. The molecule has 1 aromatic carbocycles. The molecule has 1 saturated heterocycles. The third kappa shape index (κ3) is 5.12. The Kier molecular flexibility index (Phi) is 6.91. The lowest BCUT2D eigenvalue weighted by Crippen LogP contribution is -2.49. The Balaban J connectivity index is 2.13. The molecular formula is C18H26FN3O3S. The molecule has 8 heteroatoms. The van der Waals surface area contributed by atoms with Gasteiger partial charge in [0.2, 0.25) is 10.0 Å². The van der Waals surface area contributed by atoms with E-state index in [1.807, 2.05) is 0 Å². The normalized spacial score (nSPS) is 16.1. The molecule has 1 aliphatic heterocycles. The first-order valence-corrected chi connectivity index (χ1v) is 10.1. The van der Waals surface area contributed by atoms with Crippen molar-refractivity contribution in [2.75, 3.05) is 39.3 Å². The zero-order valence-electron chi connectivity index (χ0n) is 15.2. The van der Waals surface area contributed by atoms with Crippen molar-refractivity contribution in [2.24, 2.45) is 5.92 Å². The fraction of sp³-hybridized carbons (Fsp3) is 0.500. The Morgan fingerprint density at radius 2 is 1.96 bits per heavy atom. The third-order valence-corrected chi connectivity index (χ3v) is 5.61. The first-order chi connectivity index (χ1) is 12.2. The van der Waals surface area contributed by atoms with Gasteiger partial charge < -0.3 is 4.90 Å². The highest BCUT2D eigenvalue weighted by molar-refractivity contribution is 7.89. The predicted molar refractivity (Wildman–Crippen MR) is 99.0 cm³/mol. The van der Waals surface area contributed by atoms with Gasteiger partial charge in [-0.05, 0) is 24.1 Å². The van der Waals surface area contributed by atoms with Crippen molar-refractivity contribution in [3.05, 3.63) is 42.2 Å². The van der Waals surface area contributed by atoms with Gasteiger partial charge in [0.1, 0.15) is 10.7 Å². The molecular weight excluding hydrogens is 357 g/mol. The molecule has 6 nitrogen and oxygen atoms in total. The molecule has 0 unspecified atom stereocenters. The van der Waals surface area contributed by atoms with E-state index in [2.05, 4.69) is 30.0 Å². The summed E-state index contributed by atoms with van der Waals surface area (Å²) in [5, 5.41) is 0. The Bertz CT molecular complexity index is 757. The van der Waals surface area contributed by atoms with E-state index in [4.69, 9.17) is 0 Å². The minimum atomic E-state index is -4.04. The van der Waals surface area contributed by atoms with Crippen molar-refractivity contribution >= 4 is 15.9 Å². The van der Waals surface area contributed by atoms with Crippen LogP contribution in [-0.2, 0) is 10.0 Å². The maximum Gasteiger partial charge on any atom is 0.253 e. The van der Waals surface area contributed by atoms with Gasteiger partial charge >= 0.3 is 0 Å². The van der Waals surface area contributed by atoms with Gasteiger partial charge in [-0.3, -0.25) is 9.69 Å². The van der Waals surface area contributed by atoms with E-state index in [9.17, 15) is 17.6 Å². The van der Waals surface area contributed by atoms with Gasteiger partial charge in [0.05, 0.1) is 0 Å². The molecule has 0 saturated carbocycles. The zero-order chi connectivity index (χ0) is 19.3. The van der Waals surface area contributed by atoms with Gasteiger partial charge in [-0.25, -0.2) is 17.5 Å². The Morgan fingerprint density at radius 3 is 2.54 bits per heavy atom. The van der Waals surface area contributed by atoms with E-state index in [0.29, 0.717) is 19.0 Å². The number of carbonyl (C=O) groups is 1. The first kappa shape index (κ1) is 20.5. The summed E-state index contributed by atoms with van der Waals surface area (Å²) in [4.78, 5) is 16.1. The van der Waals surface area contributed by atoms with Crippen LogP contribution in [0.4, 0.5) is 4.39 Å². The zero-order valence-corrected chi connectivity index (χ0v) is 16.1. The average Bonchev–Trinajstić information content (AvgIpc) is 2.60. The molecule has 0 atom stereocenters. The van der Waals surface area contributed by atoms with Crippen LogP contribution in [0.1, 0.15) is 24.2 Å². The van der Waals surface area contributed by atoms with E-state index in [-0.39, 0.29) is 18.0 Å². The van der Waals surface area contributed by atoms with E-state index in [1.54, 1.807) is 4.90 Å². The molecule has 1 heterocycles. The minimum Gasteiger partial charge on any atom is -0.336 e. The first-order valence-electron chi connectivity index (χ1n) is 8.66. The molecule has 0 bridgehead atoms. The number of amides is 1. The number of benzene rings is 1. The highest BCUT2D eigenvalue weighted by Crippen LogP contribution is 2.18. The van der Waals surface area contributed by atoms with Gasteiger partial charge in [-0.15, -0.1) is 6.58 Å². The fourth-order valence-corrected chi connectivity index (χ4v) is 4.02.